The van der Waals surface area contributed by atoms with Crippen LogP contribution in [0.4, 0.5) is 0 Å². The van der Waals surface area contributed by atoms with E-state index in [9.17, 15) is 0 Å². The van der Waals surface area contributed by atoms with Gasteiger partial charge in [0.05, 0.1) is 0 Å². The van der Waals surface area contributed by atoms with E-state index in [1.54, 1.807) is 0 Å². The molecule has 0 aliphatic rings. The number of aryl methyl sites for hydroxylation is 1. The molecular formula is C15H25NO. The molecular weight excluding hydrogens is 210 g/mol. The van der Waals surface area contributed by atoms with Crippen molar-refractivity contribution in [3.05, 3.63) is 29.8 Å². The minimum Gasteiger partial charge on any atom is -0.492 e. The first kappa shape index (κ1) is 14.0. The summed E-state index contributed by atoms with van der Waals surface area (Å²) in [6.07, 6.45) is 0. The highest BCUT2D eigenvalue weighted by Crippen LogP contribution is 2.16. The number of nitrogens with zero attached hydrogens (tertiary/aromatic N) is 1. The lowest BCUT2D eigenvalue weighted by atomic mass is 10.2. The summed E-state index contributed by atoms with van der Waals surface area (Å²) in [5, 5.41) is 0. The molecule has 96 valence electrons. The van der Waals surface area contributed by atoms with Gasteiger partial charge in [0.1, 0.15) is 12.4 Å². The van der Waals surface area contributed by atoms with Crippen molar-refractivity contribution in [1.82, 2.24) is 4.90 Å². The molecule has 1 aromatic carbocycles. The first-order valence-electron chi connectivity index (χ1n) is 6.46. The van der Waals surface area contributed by atoms with E-state index in [4.69, 9.17) is 4.74 Å². The van der Waals surface area contributed by atoms with Crippen molar-refractivity contribution >= 4 is 0 Å². The van der Waals surface area contributed by atoms with Crippen LogP contribution < -0.4 is 4.74 Å². The van der Waals surface area contributed by atoms with Crippen molar-refractivity contribution in [2.45, 2.75) is 46.7 Å². The molecule has 0 atom stereocenters. The standard InChI is InChI=1S/C15H25NO/c1-12(2)16(13(3)4)10-11-17-15-9-7-6-8-14(15)5/h6-9,12-13H,10-11H2,1-5H3. The maximum Gasteiger partial charge on any atom is 0.122 e. The molecule has 17 heavy (non-hydrogen) atoms. The highest BCUT2D eigenvalue weighted by molar-refractivity contribution is 5.31. The van der Waals surface area contributed by atoms with E-state index >= 15 is 0 Å². The molecule has 0 N–H and O–H groups in total. The van der Waals surface area contributed by atoms with Gasteiger partial charge in [-0.05, 0) is 46.2 Å². The van der Waals surface area contributed by atoms with Crippen molar-refractivity contribution in [2.75, 3.05) is 13.2 Å². The van der Waals surface area contributed by atoms with E-state index in [-0.39, 0.29) is 0 Å². The summed E-state index contributed by atoms with van der Waals surface area (Å²) in [4.78, 5) is 2.44. The van der Waals surface area contributed by atoms with Gasteiger partial charge in [-0.25, -0.2) is 0 Å². The fourth-order valence-corrected chi connectivity index (χ4v) is 2.09. The third-order valence-electron chi connectivity index (χ3n) is 3.03. The van der Waals surface area contributed by atoms with Gasteiger partial charge in [0.15, 0.2) is 0 Å². The van der Waals surface area contributed by atoms with Crippen LogP contribution in [0, 0.1) is 6.92 Å². The SMILES string of the molecule is Cc1ccccc1OCCN(C(C)C)C(C)C. The van der Waals surface area contributed by atoms with Crippen LogP contribution in [-0.2, 0) is 0 Å². The molecule has 1 rings (SSSR count). The fraction of sp³-hybridized carbons (Fsp3) is 0.600. The Bertz CT molecular complexity index is 325. The van der Waals surface area contributed by atoms with E-state index in [0.717, 1.165) is 18.9 Å². The second-order valence-electron chi connectivity index (χ2n) is 5.04. The molecule has 0 amide bonds. The zero-order chi connectivity index (χ0) is 12.8. The molecule has 2 nitrogen and oxygen atoms in total. The zero-order valence-electron chi connectivity index (χ0n) is 11.7. The number of benzene rings is 1. The van der Waals surface area contributed by atoms with Crippen molar-refractivity contribution in [3.8, 4) is 5.75 Å². The van der Waals surface area contributed by atoms with E-state index in [2.05, 4.69) is 45.6 Å². The second kappa shape index (κ2) is 6.65. The van der Waals surface area contributed by atoms with Gasteiger partial charge >= 0.3 is 0 Å². The van der Waals surface area contributed by atoms with Crippen molar-refractivity contribution < 1.29 is 4.74 Å². The Morgan fingerprint density at radius 1 is 1.06 bits per heavy atom. The predicted molar refractivity (Wildman–Crippen MR) is 73.7 cm³/mol. The van der Waals surface area contributed by atoms with Gasteiger partial charge in [-0.2, -0.15) is 0 Å². The number of para-hydroxylation sites is 1. The molecule has 0 unspecified atom stereocenters. The smallest absolute Gasteiger partial charge is 0.122 e. The van der Waals surface area contributed by atoms with Crippen molar-refractivity contribution in [3.63, 3.8) is 0 Å². The van der Waals surface area contributed by atoms with Crippen LogP contribution in [0.5, 0.6) is 5.75 Å². The zero-order valence-corrected chi connectivity index (χ0v) is 11.7. The normalized spacial score (nSPS) is 11.5. The quantitative estimate of drug-likeness (QED) is 0.748. The molecule has 0 bridgehead atoms. The lowest BCUT2D eigenvalue weighted by Gasteiger charge is -2.30. The summed E-state index contributed by atoms with van der Waals surface area (Å²) in [6, 6.07) is 9.30. The Morgan fingerprint density at radius 2 is 1.65 bits per heavy atom. The van der Waals surface area contributed by atoms with Crippen molar-refractivity contribution in [1.29, 1.82) is 0 Å². The lowest BCUT2D eigenvalue weighted by molar-refractivity contribution is 0.141. The summed E-state index contributed by atoms with van der Waals surface area (Å²) < 4.78 is 5.83. The lowest BCUT2D eigenvalue weighted by Crippen LogP contribution is -2.39. The topological polar surface area (TPSA) is 12.5 Å². The summed E-state index contributed by atoms with van der Waals surface area (Å²) in [7, 11) is 0. The monoisotopic (exact) mass is 235 g/mol. The Morgan fingerprint density at radius 3 is 2.18 bits per heavy atom. The summed E-state index contributed by atoms with van der Waals surface area (Å²) in [5.74, 6) is 1.000. The van der Waals surface area contributed by atoms with Gasteiger partial charge in [0.25, 0.3) is 0 Å². The molecule has 0 heterocycles. The molecule has 0 aromatic heterocycles. The van der Waals surface area contributed by atoms with E-state index in [1.165, 1.54) is 5.56 Å². The first-order valence-corrected chi connectivity index (χ1v) is 6.46. The van der Waals surface area contributed by atoms with Crippen LogP contribution in [0.25, 0.3) is 0 Å². The highest BCUT2D eigenvalue weighted by Gasteiger charge is 2.12. The van der Waals surface area contributed by atoms with Crippen LogP contribution in [0.15, 0.2) is 24.3 Å². The number of ether oxygens (including phenoxy) is 1. The third-order valence-corrected chi connectivity index (χ3v) is 3.03. The molecule has 0 aliphatic carbocycles. The van der Waals surface area contributed by atoms with Crippen LogP contribution in [-0.4, -0.2) is 30.1 Å². The number of hydrogen-bond donors (Lipinski definition) is 0. The average Bonchev–Trinajstić information content (AvgIpc) is 2.25. The van der Waals surface area contributed by atoms with Gasteiger partial charge in [-0.3, -0.25) is 4.90 Å². The molecule has 0 saturated heterocycles. The summed E-state index contributed by atoms with van der Waals surface area (Å²) in [5.41, 5.74) is 1.20. The van der Waals surface area contributed by atoms with Gasteiger partial charge < -0.3 is 4.74 Å². The third kappa shape index (κ3) is 4.39. The summed E-state index contributed by atoms with van der Waals surface area (Å²) >= 11 is 0. The Kier molecular flexibility index (Phi) is 5.49. The van der Waals surface area contributed by atoms with Crippen LogP contribution in [0.3, 0.4) is 0 Å². The number of rotatable bonds is 6. The largest absolute Gasteiger partial charge is 0.492 e. The van der Waals surface area contributed by atoms with Gasteiger partial charge in [-0.1, -0.05) is 18.2 Å². The molecule has 0 radical (unpaired) electrons. The Balaban J connectivity index is 2.44. The van der Waals surface area contributed by atoms with Crippen LogP contribution in [0.2, 0.25) is 0 Å². The number of hydrogen-bond acceptors (Lipinski definition) is 2. The summed E-state index contributed by atoms with van der Waals surface area (Å²) in [6.45, 7) is 12.7. The molecule has 2 heteroatoms. The van der Waals surface area contributed by atoms with Crippen LogP contribution >= 0.6 is 0 Å². The molecule has 0 spiro atoms. The van der Waals surface area contributed by atoms with E-state index in [1.807, 2.05) is 18.2 Å². The van der Waals surface area contributed by atoms with Crippen LogP contribution in [0.1, 0.15) is 33.3 Å². The molecule has 1 aromatic rings. The minimum absolute atomic E-state index is 0.565. The minimum atomic E-state index is 0.565. The molecule has 0 fully saturated rings. The average molecular weight is 235 g/mol. The maximum atomic E-state index is 5.83. The maximum absolute atomic E-state index is 5.83. The fourth-order valence-electron chi connectivity index (χ4n) is 2.09. The van der Waals surface area contributed by atoms with E-state index in [0.29, 0.717) is 12.1 Å². The van der Waals surface area contributed by atoms with Gasteiger partial charge in [0, 0.05) is 18.6 Å². The van der Waals surface area contributed by atoms with Gasteiger partial charge in [-0.15, -0.1) is 0 Å². The van der Waals surface area contributed by atoms with E-state index < -0.39 is 0 Å². The first-order chi connectivity index (χ1) is 8.02. The Hall–Kier alpha value is -1.02. The van der Waals surface area contributed by atoms with Crippen molar-refractivity contribution in [2.24, 2.45) is 0 Å². The molecule has 0 aliphatic heterocycles. The Labute approximate surface area is 106 Å². The second-order valence-corrected chi connectivity index (χ2v) is 5.04. The predicted octanol–water partition coefficient (Wildman–Crippen LogP) is 3.49. The molecule has 0 saturated carbocycles. The highest BCUT2D eigenvalue weighted by atomic mass is 16.5. The van der Waals surface area contributed by atoms with Gasteiger partial charge in [0.2, 0.25) is 0 Å².